The van der Waals surface area contributed by atoms with Crippen LogP contribution in [0.15, 0.2) is 29.4 Å². The highest BCUT2D eigenvalue weighted by molar-refractivity contribution is 7.10. The summed E-state index contributed by atoms with van der Waals surface area (Å²) in [4.78, 5) is 11.0. The minimum Gasteiger partial charge on any atom is -0.508 e. The van der Waals surface area contributed by atoms with Gasteiger partial charge >= 0.3 is 5.97 Å². The van der Waals surface area contributed by atoms with Crippen LogP contribution in [0.25, 0.3) is 0 Å². The monoisotopic (exact) mass is 277 g/mol. The first-order chi connectivity index (χ1) is 9.08. The third kappa shape index (κ3) is 3.08. The van der Waals surface area contributed by atoms with Crippen molar-refractivity contribution in [1.29, 1.82) is 0 Å². The number of carboxylic acids is 1. The Morgan fingerprint density at radius 3 is 3.00 bits per heavy atom. The molecule has 0 bridgehead atoms. The number of carbonyl (C=O) groups is 1. The van der Waals surface area contributed by atoms with Gasteiger partial charge in [-0.05, 0) is 36.2 Å². The van der Waals surface area contributed by atoms with Gasteiger partial charge in [0.15, 0.2) is 0 Å². The van der Waals surface area contributed by atoms with Gasteiger partial charge in [0, 0.05) is 0 Å². The molecule has 0 aliphatic carbocycles. The Kier molecular flexibility index (Phi) is 3.76. The number of hydrazone groups is 1. The molecule has 98 valence electrons. The fourth-order valence-corrected chi connectivity index (χ4v) is 2.21. The van der Waals surface area contributed by atoms with E-state index in [1.165, 1.54) is 6.21 Å². The standard InChI is InChI=1S/C12H11N3O3S/c1-7-10(12(17)18)11(19-15-7)14-13-6-8-3-2-4-9(16)5-8/h2-6,14,16H,1H3,(H,17,18). The summed E-state index contributed by atoms with van der Waals surface area (Å²) in [6.45, 7) is 1.63. The molecule has 2 rings (SSSR count). The van der Waals surface area contributed by atoms with Crippen LogP contribution in [0.4, 0.5) is 5.00 Å². The normalized spacial score (nSPS) is 10.8. The summed E-state index contributed by atoms with van der Waals surface area (Å²) in [5, 5.41) is 22.6. The molecule has 0 radical (unpaired) electrons. The average molecular weight is 277 g/mol. The Morgan fingerprint density at radius 1 is 1.53 bits per heavy atom. The van der Waals surface area contributed by atoms with Crippen LogP contribution in [0.3, 0.4) is 0 Å². The van der Waals surface area contributed by atoms with E-state index in [9.17, 15) is 9.90 Å². The summed E-state index contributed by atoms with van der Waals surface area (Å²) in [6, 6.07) is 6.55. The Hall–Kier alpha value is -2.41. The van der Waals surface area contributed by atoms with Crippen molar-refractivity contribution < 1.29 is 15.0 Å². The third-order valence-corrected chi connectivity index (χ3v) is 3.17. The van der Waals surface area contributed by atoms with Crippen LogP contribution in [-0.2, 0) is 0 Å². The zero-order chi connectivity index (χ0) is 13.8. The highest BCUT2D eigenvalue weighted by Crippen LogP contribution is 2.24. The molecule has 19 heavy (non-hydrogen) atoms. The molecule has 0 saturated heterocycles. The molecule has 0 spiro atoms. The fourth-order valence-electron chi connectivity index (χ4n) is 1.47. The maximum Gasteiger partial charge on any atom is 0.340 e. The van der Waals surface area contributed by atoms with Crippen molar-refractivity contribution in [2.24, 2.45) is 5.10 Å². The number of aromatic carboxylic acids is 1. The van der Waals surface area contributed by atoms with Crippen molar-refractivity contribution in [3.8, 4) is 5.75 Å². The van der Waals surface area contributed by atoms with Crippen LogP contribution in [0.2, 0.25) is 0 Å². The predicted molar refractivity (Wildman–Crippen MR) is 73.1 cm³/mol. The number of anilines is 1. The van der Waals surface area contributed by atoms with Crippen LogP contribution in [0.1, 0.15) is 21.6 Å². The van der Waals surface area contributed by atoms with Crippen LogP contribution < -0.4 is 5.43 Å². The molecule has 0 saturated carbocycles. The molecule has 6 nitrogen and oxygen atoms in total. The first-order valence-electron chi connectivity index (χ1n) is 5.35. The van der Waals surface area contributed by atoms with E-state index in [2.05, 4.69) is 14.9 Å². The zero-order valence-electron chi connectivity index (χ0n) is 9.99. The van der Waals surface area contributed by atoms with Gasteiger partial charge in [-0.2, -0.15) is 9.47 Å². The number of hydrogen-bond donors (Lipinski definition) is 3. The molecule has 7 heteroatoms. The van der Waals surface area contributed by atoms with E-state index in [4.69, 9.17) is 5.11 Å². The van der Waals surface area contributed by atoms with Crippen LogP contribution >= 0.6 is 11.5 Å². The maximum absolute atomic E-state index is 11.0. The van der Waals surface area contributed by atoms with E-state index in [1.54, 1.807) is 31.2 Å². The van der Waals surface area contributed by atoms with Crippen molar-refractivity contribution >= 4 is 28.7 Å². The molecule has 2 aromatic rings. The minimum absolute atomic E-state index is 0.123. The minimum atomic E-state index is -1.04. The lowest BCUT2D eigenvalue weighted by molar-refractivity contribution is 0.0697. The first kappa shape index (κ1) is 13.0. The van der Waals surface area contributed by atoms with Crippen LogP contribution in [0, 0.1) is 6.92 Å². The summed E-state index contributed by atoms with van der Waals surface area (Å²) >= 11 is 1.04. The third-order valence-electron chi connectivity index (χ3n) is 2.33. The van der Waals surface area contributed by atoms with Gasteiger partial charge in [-0.3, -0.25) is 5.43 Å². The molecule has 0 aliphatic rings. The summed E-state index contributed by atoms with van der Waals surface area (Å²) in [6.07, 6.45) is 1.49. The van der Waals surface area contributed by atoms with Crippen molar-refractivity contribution in [3.63, 3.8) is 0 Å². The summed E-state index contributed by atoms with van der Waals surface area (Å²) in [5.74, 6) is -0.898. The van der Waals surface area contributed by atoms with Gasteiger partial charge in [-0.15, -0.1) is 0 Å². The number of phenolic OH excluding ortho intramolecular Hbond substituents is 1. The molecule has 1 aromatic carbocycles. The van der Waals surface area contributed by atoms with E-state index in [-0.39, 0.29) is 11.3 Å². The molecule has 0 amide bonds. The number of rotatable bonds is 4. The fraction of sp³-hybridized carbons (Fsp3) is 0.0833. The van der Waals surface area contributed by atoms with E-state index < -0.39 is 5.97 Å². The van der Waals surface area contributed by atoms with Gasteiger partial charge in [0.25, 0.3) is 0 Å². The van der Waals surface area contributed by atoms with Gasteiger partial charge in [-0.1, -0.05) is 12.1 Å². The Labute approximate surface area is 113 Å². The van der Waals surface area contributed by atoms with Gasteiger partial charge < -0.3 is 10.2 Å². The molecule has 1 heterocycles. The second-order valence-corrected chi connectivity index (χ2v) is 4.52. The SMILES string of the molecule is Cc1nsc(NN=Cc2cccc(O)c2)c1C(=O)O. The number of aromatic hydroxyl groups is 1. The van der Waals surface area contributed by atoms with Gasteiger partial charge in [-0.25, -0.2) is 4.79 Å². The molecular formula is C12H11N3O3S. The predicted octanol–water partition coefficient (Wildman–Crippen LogP) is 2.30. The molecule has 0 unspecified atom stereocenters. The van der Waals surface area contributed by atoms with Gasteiger partial charge in [0.2, 0.25) is 0 Å². The Morgan fingerprint density at radius 2 is 2.32 bits per heavy atom. The van der Waals surface area contributed by atoms with Crippen molar-refractivity contribution in [3.05, 3.63) is 41.1 Å². The number of carboxylic acid groups (broad SMARTS) is 1. The van der Waals surface area contributed by atoms with Gasteiger partial charge in [0.05, 0.1) is 11.9 Å². The number of phenols is 1. The summed E-state index contributed by atoms with van der Waals surface area (Å²) < 4.78 is 3.96. The zero-order valence-corrected chi connectivity index (χ0v) is 10.8. The highest BCUT2D eigenvalue weighted by Gasteiger charge is 2.16. The summed E-state index contributed by atoms with van der Waals surface area (Å²) in [5.41, 5.74) is 3.92. The Bertz CT molecular complexity index is 637. The number of benzene rings is 1. The van der Waals surface area contributed by atoms with Gasteiger partial charge in [0.1, 0.15) is 16.3 Å². The topological polar surface area (TPSA) is 94.8 Å². The van der Waals surface area contributed by atoms with Crippen molar-refractivity contribution in [1.82, 2.24) is 4.37 Å². The first-order valence-corrected chi connectivity index (χ1v) is 6.13. The number of hydrogen-bond acceptors (Lipinski definition) is 6. The van der Waals surface area contributed by atoms with E-state index in [1.807, 2.05) is 0 Å². The molecule has 3 N–H and O–H groups in total. The van der Waals surface area contributed by atoms with E-state index in [0.717, 1.165) is 11.5 Å². The molecule has 0 aliphatic heterocycles. The maximum atomic E-state index is 11.0. The number of aromatic nitrogens is 1. The van der Waals surface area contributed by atoms with Crippen molar-refractivity contribution in [2.45, 2.75) is 6.92 Å². The Balaban J connectivity index is 2.13. The summed E-state index contributed by atoms with van der Waals surface area (Å²) in [7, 11) is 0. The number of nitrogens with one attached hydrogen (secondary N) is 1. The largest absolute Gasteiger partial charge is 0.508 e. The quantitative estimate of drug-likeness (QED) is 0.588. The second kappa shape index (κ2) is 5.49. The number of aryl methyl sites for hydroxylation is 1. The molecule has 0 fully saturated rings. The second-order valence-electron chi connectivity index (χ2n) is 3.74. The van der Waals surface area contributed by atoms with E-state index >= 15 is 0 Å². The lowest BCUT2D eigenvalue weighted by atomic mass is 10.2. The number of nitrogens with zero attached hydrogens (tertiary/aromatic N) is 2. The smallest absolute Gasteiger partial charge is 0.340 e. The lowest BCUT2D eigenvalue weighted by Gasteiger charge is -1.98. The highest BCUT2D eigenvalue weighted by atomic mass is 32.1. The molecule has 1 aromatic heterocycles. The molecule has 0 atom stereocenters. The van der Waals surface area contributed by atoms with Crippen LogP contribution in [0.5, 0.6) is 5.75 Å². The molecular weight excluding hydrogens is 266 g/mol. The van der Waals surface area contributed by atoms with E-state index in [0.29, 0.717) is 16.3 Å². The van der Waals surface area contributed by atoms with Crippen LogP contribution in [-0.4, -0.2) is 26.8 Å². The lowest BCUT2D eigenvalue weighted by Crippen LogP contribution is -2.01. The van der Waals surface area contributed by atoms with Crippen molar-refractivity contribution in [2.75, 3.05) is 5.43 Å². The average Bonchev–Trinajstić information content (AvgIpc) is 2.71.